The number of hydrogen-bond acceptors (Lipinski definition) is 2. The number of benzene rings is 1. The van der Waals surface area contributed by atoms with E-state index in [0.717, 1.165) is 19.6 Å². The Bertz CT molecular complexity index is 399. The van der Waals surface area contributed by atoms with E-state index in [-0.39, 0.29) is 5.82 Å². The molecule has 3 heteroatoms. The van der Waals surface area contributed by atoms with Crippen molar-refractivity contribution in [2.75, 3.05) is 26.2 Å². The molecule has 1 N–H and O–H groups in total. The van der Waals surface area contributed by atoms with Crippen molar-refractivity contribution in [2.24, 2.45) is 0 Å². The van der Waals surface area contributed by atoms with E-state index in [1.54, 1.807) is 12.1 Å². The predicted octanol–water partition coefficient (Wildman–Crippen LogP) is 2.11. The van der Waals surface area contributed by atoms with E-state index in [0.29, 0.717) is 5.92 Å². The Labute approximate surface area is 102 Å². The number of rotatable bonds is 2. The first-order valence-electron chi connectivity index (χ1n) is 6.54. The van der Waals surface area contributed by atoms with Crippen LogP contribution in [0, 0.1) is 5.82 Å². The summed E-state index contributed by atoms with van der Waals surface area (Å²) in [6.45, 7) is 5.35. The fraction of sp³-hybridized carbons (Fsp3) is 0.571. The van der Waals surface area contributed by atoms with Crippen LogP contribution in [0.4, 0.5) is 4.39 Å². The molecule has 1 aromatic rings. The lowest BCUT2D eigenvalue weighted by molar-refractivity contribution is 0.303. The zero-order valence-electron chi connectivity index (χ0n) is 10.1. The molecule has 92 valence electrons. The van der Waals surface area contributed by atoms with Crippen LogP contribution in [-0.4, -0.2) is 31.1 Å². The number of likely N-dealkylation sites (tertiary alicyclic amines) is 1. The second kappa shape index (κ2) is 4.75. The molecule has 1 unspecified atom stereocenters. The lowest BCUT2D eigenvalue weighted by Crippen LogP contribution is -2.35. The summed E-state index contributed by atoms with van der Waals surface area (Å²) in [6.07, 6.45) is 2.63. The normalized spacial score (nSPS) is 24.9. The van der Waals surface area contributed by atoms with Crippen molar-refractivity contribution in [3.05, 3.63) is 35.1 Å². The van der Waals surface area contributed by atoms with E-state index in [2.05, 4.69) is 10.2 Å². The summed E-state index contributed by atoms with van der Waals surface area (Å²) < 4.78 is 13.3. The van der Waals surface area contributed by atoms with Crippen molar-refractivity contribution in [3.8, 4) is 0 Å². The van der Waals surface area contributed by atoms with Crippen molar-refractivity contribution in [3.63, 3.8) is 0 Å². The Morgan fingerprint density at radius 1 is 1.29 bits per heavy atom. The fourth-order valence-electron chi connectivity index (χ4n) is 3.04. The van der Waals surface area contributed by atoms with E-state index in [4.69, 9.17) is 0 Å². The first kappa shape index (κ1) is 11.2. The molecular weight excluding hydrogens is 215 g/mol. The van der Waals surface area contributed by atoms with Crippen molar-refractivity contribution >= 4 is 0 Å². The predicted molar refractivity (Wildman–Crippen MR) is 66.5 cm³/mol. The lowest BCUT2D eigenvalue weighted by atomic mass is 9.90. The van der Waals surface area contributed by atoms with Gasteiger partial charge in [-0.05, 0) is 49.2 Å². The topological polar surface area (TPSA) is 15.3 Å². The molecule has 2 aliphatic heterocycles. The van der Waals surface area contributed by atoms with Gasteiger partial charge in [-0.15, -0.1) is 0 Å². The summed E-state index contributed by atoms with van der Waals surface area (Å²) in [5.41, 5.74) is 2.48. The van der Waals surface area contributed by atoms with Crippen molar-refractivity contribution < 1.29 is 4.39 Å². The minimum atomic E-state index is -0.0999. The maximum absolute atomic E-state index is 13.3. The second-order valence-corrected chi connectivity index (χ2v) is 5.18. The first-order valence-corrected chi connectivity index (χ1v) is 6.54. The van der Waals surface area contributed by atoms with Crippen LogP contribution < -0.4 is 5.32 Å². The monoisotopic (exact) mass is 234 g/mol. The third-order valence-electron chi connectivity index (χ3n) is 3.93. The molecule has 17 heavy (non-hydrogen) atoms. The second-order valence-electron chi connectivity index (χ2n) is 5.18. The van der Waals surface area contributed by atoms with Gasteiger partial charge in [-0.2, -0.15) is 0 Å². The minimum Gasteiger partial charge on any atom is -0.312 e. The van der Waals surface area contributed by atoms with Gasteiger partial charge in [0.05, 0.1) is 0 Å². The molecule has 0 radical (unpaired) electrons. The van der Waals surface area contributed by atoms with E-state index in [9.17, 15) is 4.39 Å². The fourth-order valence-corrected chi connectivity index (χ4v) is 3.04. The Balaban J connectivity index is 1.80. The number of nitrogens with zero attached hydrogens (tertiary/aromatic N) is 1. The summed E-state index contributed by atoms with van der Waals surface area (Å²) in [4.78, 5) is 2.51. The van der Waals surface area contributed by atoms with Crippen LogP contribution in [0.1, 0.15) is 29.9 Å². The number of hydrogen-bond donors (Lipinski definition) is 1. The Morgan fingerprint density at radius 3 is 2.94 bits per heavy atom. The van der Waals surface area contributed by atoms with E-state index in [1.807, 2.05) is 6.07 Å². The smallest absolute Gasteiger partial charge is 0.123 e. The number of fused-ring (bicyclic) bond motifs is 1. The molecule has 2 aliphatic rings. The third-order valence-corrected chi connectivity index (χ3v) is 3.93. The van der Waals surface area contributed by atoms with Crippen LogP contribution in [0.3, 0.4) is 0 Å². The van der Waals surface area contributed by atoms with Gasteiger partial charge in [0.15, 0.2) is 0 Å². The molecule has 0 aliphatic carbocycles. The molecule has 1 atom stereocenters. The quantitative estimate of drug-likeness (QED) is 0.843. The van der Waals surface area contributed by atoms with E-state index in [1.165, 1.54) is 37.1 Å². The van der Waals surface area contributed by atoms with Crippen LogP contribution >= 0.6 is 0 Å². The zero-order chi connectivity index (χ0) is 11.7. The van der Waals surface area contributed by atoms with Gasteiger partial charge < -0.3 is 10.2 Å². The standard InChI is InChI=1S/C14H19FN2/c15-13-4-3-11-8-16-9-12(14(11)7-13)10-17-5-1-2-6-17/h3-4,7,12,16H,1-2,5-6,8-10H2. The molecule has 0 amide bonds. The SMILES string of the molecule is Fc1ccc2c(c1)C(CN1CCCC1)CNC2. The molecule has 1 fully saturated rings. The van der Waals surface area contributed by atoms with E-state index < -0.39 is 0 Å². The van der Waals surface area contributed by atoms with Gasteiger partial charge in [-0.3, -0.25) is 0 Å². The van der Waals surface area contributed by atoms with Crippen LogP contribution in [0.25, 0.3) is 0 Å². The summed E-state index contributed by atoms with van der Waals surface area (Å²) in [5.74, 6) is 0.352. The van der Waals surface area contributed by atoms with Crippen LogP contribution in [0.2, 0.25) is 0 Å². The highest BCUT2D eigenvalue weighted by atomic mass is 19.1. The summed E-state index contributed by atoms with van der Waals surface area (Å²) in [7, 11) is 0. The van der Waals surface area contributed by atoms with Crippen LogP contribution in [-0.2, 0) is 6.54 Å². The lowest BCUT2D eigenvalue weighted by Gasteiger charge is -2.29. The average molecular weight is 234 g/mol. The largest absolute Gasteiger partial charge is 0.312 e. The minimum absolute atomic E-state index is 0.0999. The van der Waals surface area contributed by atoms with Gasteiger partial charge >= 0.3 is 0 Å². The van der Waals surface area contributed by atoms with Crippen molar-refractivity contribution in [2.45, 2.75) is 25.3 Å². The van der Waals surface area contributed by atoms with Crippen molar-refractivity contribution in [1.29, 1.82) is 0 Å². The maximum atomic E-state index is 13.3. The molecule has 0 aromatic heterocycles. The van der Waals surface area contributed by atoms with Crippen LogP contribution in [0.15, 0.2) is 18.2 Å². The van der Waals surface area contributed by atoms with Gasteiger partial charge in [0.25, 0.3) is 0 Å². The Hall–Kier alpha value is -0.930. The highest BCUT2D eigenvalue weighted by Crippen LogP contribution is 2.26. The number of nitrogens with one attached hydrogen (secondary N) is 1. The maximum Gasteiger partial charge on any atom is 0.123 e. The molecular formula is C14H19FN2. The van der Waals surface area contributed by atoms with E-state index >= 15 is 0 Å². The average Bonchev–Trinajstić information content (AvgIpc) is 2.83. The summed E-state index contributed by atoms with van der Waals surface area (Å²) in [5, 5.41) is 3.44. The zero-order valence-corrected chi connectivity index (χ0v) is 10.1. The van der Waals surface area contributed by atoms with Crippen molar-refractivity contribution in [1.82, 2.24) is 10.2 Å². The van der Waals surface area contributed by atoms with Gasteiger partial charge in [-0.1, -0.05) is 6.07 Å². The van der Waals surface area contributed by atoms with Gasteiger partial charge in [0, 0.05) is 25.6 Å². The molecule has 3 rings (SSSR count). The molecule has 0 saturated carbocycles. The number of halogens is 1. The Kier molecular flexibility index (Phi) is 3.12. The molecule has 1 aromatic carbocycles. The highest BCUT2D eigenvalue weighted by molar-refractivity contribution is 5.33. The van der Waals surface area contributed by atoms with Gasteiger partial charge in [0.1, 0.15) is 5.82 Å². The molecule has 1 saturated heterocycles. The molecule has 2 nitrogen and oxygen atoms in total. The first-order chi connectivity index (χ1) is 8.33. The Morgan fingerprint density at radius 2 is 2.12 bits per heavy atom. The summed E-state index contributed by atoms with van der Waals surface area (Å²) in [6, 6.07) is 5.23. The van der Waals surface area contributed by atoms with Gasteiger partial charge in [-0.25, -0.2) is 4.39 Å². The summed E-state index contributed by atoms with van der Waals surface area (Å²) >= 11 is 0. The van der Waals surface area contributed by atoms with Crippen LogP contribution in [0.5, 0.6) is 0 Å². The molecule has 2 heterocycles. The highest BCUT2D eigenvalue weighted by Gasteiger charge is 2.23. The molecule has 0 spiro atoms. The third kappa shape index (κ3) is 2.35. The van der Waals surface area contributed by atoms with Gasteiger partial charge in [0.2, 0.25) is 0 Å². The molecule has 0 bridgehead atoms.